The van der Waals surface area contributed by atoms with Crippen molar-refractivity contribution in [3.05, 3.63) is 0 Å². The first-order valence-electron chi connectivity index (χ1n) is 5.09. The van der Waals surface area contributed by atoms with Crippen LogP contribution in [-0.2, 0) is 0 Å². The van der Waals surface area contributed by atoms with Gasteiger partial charge in [0.25, 0.3) is 0 Å². The van der Waals surface area contributed by atoms with E-state index in [-0.39, 0.29) is 0 Å². The van der Waals surface area contributed by atoms with Gasteiger partial charge in [-0.3, -0.25) is 0 Å². The molecule has 0 aromatic carbocycles. The van der Waals surface area contributed by atoms with Crippen molar-refractivity contribution in [3.63, 3.8) is 0 Å². The highest BCUT2D eigenvalue weighted by Gasteiger charge is 2.13. The molecule has 66 valence electrons. The Morgan fingerprint density at radius 1 is 1.27 bits per heavy atom. The van der Waals surface area contributed by atoms with Crippen molar-refractivity contribution in [1.82, 2.24) is 5.32 Å². The molecule has 0 spiro atoms. The maximum atomic E-state index is 3.67. The molecule has 0 aliphatic heterocycles. The third-order valence-corrected chi connectivity index (χ3v) is 2.74. The highest BCUT2D eigenvalue weighted by Crippen LogP contribution is 2.17. The number of hydrogen-bond acceptors (Lipinski definition) is 1. The second-order valence-corrected chi connectivity index (χ2v) is 3.81. The molecule has 0 bridgehead atoms. The van der Waals surface area contributed by atoms with E-state index >= 15 is 0 Å². The zero-order valence-corrected chi connectivity index (χ0v) is 7.90. The molecule has 1 saturated carbocycles. The molecule has 1 rings (SSSR count). The number of rotatable bonds is 3. The highest BCUT2D eigenvalue weighted by molar-refractivity contribution is 4.74. The second-order valence-electron chi connectivity index (χ2n) is 3.81. The molecule has 0 saturated heterocycles. The summed E-state index contributed by atoms with van der Waals surface area (Å²) in [5.74, 6) is 0. The molecule has 1 fully saturated rings. The van der Waals surface area contributed by atoms with E-state index in [1.165, 1.54) is 38.5 Å². The van der Waals surface area contributed by atoms with E-state index in [0.717, 1.165) is 12.1 Å². The molecule has 0 amide bonds. The predicted molar refractivity (Wildman–Crippen MR) is 49.8 cm³/mol. The normalized spacial score (nSPS) is 23.5. The average molecular weight is 155 g/mol. The van der Waals surface area contributed by atoms with Crippen LogP contribution in [0.15, 0.2) is 0 Å². The molecule has 1 nitrogen and oxygen atoms in total. The number of hydrogen-bond donors (Lipinski definition) is 1. The van der Waals surface area contributed by atoms with E-state index in [0.29, 0.717) is 0 Å². The topological polar surface area (TPSA) is 12.0 Å². The van der Waals surface area contributed by atoms with E-state index in [2.05, 4.69) is 19.2 Å². The largest absolute Gasteiger partial charge is 0.312 e. The Hall–Kier alpha value is -0.0400. The standard InChI is InChI=1S/C10H21N/c1-3-9(2)11-10-7-5-4-6-8-10/h9-11H,3-8H2,1-2H3. The van der Waals surface area contributed by atoms with Crippen molar-refractivity contribution < 1.29 is 0 Å². The summed E-state index contributed by atoms with van der Waals surface area (Å²) in [4.78, 5) is 0. The fourth-order valence-corrected chi connectivity index (χ4v) is 1.79. The fourth-order valence-electron chi connectivity index (χ4n) is 1.79. The zero-order chi connectivity index (χ0) is 8.10. The van der Waals surface area contributed by atoms with Gasteiger partial charge in [0.15, 0.2) is 0 Å². The molecule has 1 heteroatoms. The fraction of sp³-hybridized carbons (Fsp3) is 1.00. The summed E-state index contributed by atoms with van der Waals surface area (Å²) < 4.78 is 0. The van der Waals surface area contributed by atoms with Crippen LogP contribution in [-0.4, -0.2) is 12.1 Å². The van der Waals surface area contributed by atoms with E-state index in [4.69, 9.17) is 0 Å². The van der Waals surface area contributed by atoms with E-state index < -0.39 is 0 Å². The van der Waals surface area contributed by atoms with Gasteiger partial charge >= 0.3 is 0 Å². The number of nitrogens with one attached hydrogen (secondary N) is 1. The molecule has 0 radical (unpaired) electrons. The van der Waals surface area contributed by atoms with Crippen LogP contribution in [0, 0.1) is 0 Å². The molecule has 1 unspecified atom stereocenters. The molecule has 0 aromatic rings. The lowest BCUT2D eigenvalue weighted by Gasteiger charge is -2.25. The minimum atomic E-state index is 0.720. The monoisotopic (exact) mass is 155 g/mol. The van der Waals surface area contributed by atoms with Crippen LogP contribution in [0.3, 0.4) is 0 Å². The molecule has 0 heterocycles. The first kappa shape index (κ1) is 9.05. The highest BCUT2D eigenvalue weighted by atomic mass is 14.9. The SMILES string of the molecule is CCC(C)NC1CCCCC1. The van der Waals surface area contributed by atoms with Gasteiger partial charge in [-0.25, -0.2) is 0 Å². The summed E-state index contributed by atoms with van der Waals surface area (Å²) in [6, 6.07) is 1.55. The quantitative estimate of drug-likeness (QED) is 0.660. The van der Waals surface area contributed by atoms with E-state index in [9.17, 15) is 0 Å². The van der Waals surface area contributed by atoms with Crippen molar-refractivity contribution >= 4 is 0 Å². The van der Waals surface area contributed by atoms with Crippen LogP contribution in [0.25, 0.3) is 0 Å². The Bertz CT molecular complexity index is 95.0. The molecular weight excluding hydrogens is 134 g/mol. The van der Waals surface area contributed by atoms with E-state index in [1.54, 1.807) is 0 Å². The minimum absolute atomic E-state index is 0.720. The van der Waals surface area contributed by atoms with Gasteiger partial charge in [-0.15, -0.1) is 0 Å². The minimum Gasteiger partial charge on any atom is -0.312 e. The average Bonchev–Trinajstić information content (AvgIpc) is 2.06. The van der Waals surface area contributed by atoms with E-state index in [1.807, 2.05) is 0 Å². The van der Waals surface area contributed by atoms with Gasteiger partial charge in [0.05, 0.1) is 0 Å². The maximum absolute atomic E-state index is 3.67. The van der Waals surface area contributed by atoms with Crippen LogP contribution in [0.4, 0.5) is 0 Å². The first-order valence-corrected chi connectivity index (χ1v) is 5.09. The summed E-state index contributed by atoms with van der Waals surface area (Å²) in [7, 11) is 0. The van der Waals surface area contributed by atoms with Crippen LogP contribution < -0.4 is 5.32 Å². The summed E-state index contributed by atoms with van der Waals surface area (Å²) in [6.07, 6.45) is 8.41. The Kier molecular flexibility index (Phi) is 3.92. The molecule has 1 aliphatic rings. The third-order valence-electron chi connectivity index (χ3n) is 2.74. The molecule has 0 aromatic heterocycles. The lowest BCUT2D eigenvalue weighted by Crippen LogP contribution is -2.37. The predicted octanol–water partition coefficient (Wildman–Crippen LogP) is 2.71. The summed E-state index contributed by atoms with van der Waals surface area (Å²) in [5.41, 5.74) is 0. The Labute approximate surface area is 70.6 Å². The van der Waals surface area contributed by atoms with Crippen molar-refractivity contribution in [2.75, 3.05) is 0 Å². The third kappa shape index (κ3) is 3.24. The Morgan fingerprint density at radius 3 is 2.45 bits per heavy atom. The summed E-state index contributed by atoms with van der Waals surface area (Å²) in [5, 5.41) is 3.67. The van der Waals surface area contributed by atoms with Gasteiger partial charge in [-0.05, 0) is 26.2 Å². The molecular formula is C10H21N. The van der Waals surface area contributed by atoms with Gasteiger partial charge in [-0.1, -0.05) is 26.2 Å². The van der Waals surface area contributed by atoms with Crippen molar-refractivity contribution in [1.29, 1.82) is 0 Å². The van der Waals surface area contributed by atoms with Crippen LogP contribution in [0.2, 0.25) is 0 Å². The maximum Gasteiger partial charge on any atom is 0.00695 e. The van der Waals surface area contributed by atoms with Gasteiger partial charge in [0.2, 0.25) is 0 Å². The van der Waals surface area contributed by atoms with Crippen molar-refractivity contribution in [2.24, 2.45) is 0 Å². The van der Waals surface area contributed by atoms with Gasteiger partial charge in [0, 0.05) is 12.1 Å². The van der Waals surface area contributed by atoms with Gasteiger partial charge in [0.1, 0.15) is 0 Å². The Morgan fingerprint density at radius 2 is 1.91 bits per heavy atom. The summed E-state index contributed by atoms with van der Waals surface area (Å²) in [6.45, 7) is 4.54. The van der Waals surface area contributed by atoms with Crippen LogP contribution in [0.5, 0.6) is 0 Å². The first-order chi connectivity index (χ1) is 5.33. The lowest BCUT2D eigenvalue weighted by molar-refractivity contribution is 0.340. The van der Waals surface area contributed by atoms with Crippen molar-refractivity contribution in [2.45, 2.75) is 64.5 Å². The lowest BCUT2D eigenvalue weighted by atomic mass is 9.95. The zero-order valence-electron chi connectivity index (χ0n) is 7.90. The molecule has 1 atom stereocenters. The van der Waals surface area contributed by atoms with Gasteiger partial charge < -0.3 is 5.32 Å². The van der Waals surface area contributed by atoms with Crippen LogP contribution in [0.1, 0.15) is 52.4 Å². The molecule has 1 aliphatic carbocycles. The second kappa shape index (κ2) is 4.76. The van der Waals surface area contributed by atoms with Crippen molar-refractivity contribution in [3.8, 4) is 0 Å². The summed E-state index contributed by atoms with van der Waals surface area (Å²) >= 11 is 0. The smallest absolute Gasteiger partial charge is 0.00695 e. The van der Waals surface area contributed by atoms with Gasteiger partial charge in [-0.2, -0.15) is 0 Å². The Balaban J connectivity index is 2.13. The van der Waals surface area contributed by atoms with Crippen LogP contribution >= 0.6 is 0 Å². The molecule has 11 heavy (non-hydrogen) atoms. The molecule has 1 N–H and O–H groups in total.